The maximum absolute atomic E-state index is 13.0. The van der Waals surface area contributed by atoms with Gasteiger partial charge in [0, 0.05) is 21.2 Å². The largest absolute Gasteiger partial charge is 0.305 e. The van der Waals surface area contributed by atoms with E-state index >= 15 is 0 Å². The highest BCUT2D eigenvalue weighted by Crippen LogP contribution is 2.49. The summed E-state index contributed by atoms with van der Waals surface area (Å²) in [6.45, 7) is 0. The maximum Gasteiger partial charge on any atom is 0.293 e. The van der Waals surface area contributed by atoms with Crippen LogP contribution in [-0.4, -0.2) is 60.6 Å². The van der Waals surface area contributed by atoms with Crippen molar-refractivity contribution in [1.29, 1.82) is 0 Å². The van der Waals surface area contributed by atoms with Gasteiger partial charge in [0.1, 0.15) is 4.91 Å². The topological polar surface area (TPSA) is 223 Å². The Labute approximate surface area is 177 Å². The van der Waals surface area contributed by atoms with Gasteiger partial charge in [-0.15, -0.1) is 0 Å². The van der Waals surface area contributed by atoms with Gasteiger partial charge >= 0.3 is 0 Å². The molecule has 0 radical (unpaired) electrons. The van der Waals surface area contributed by atoms with Crippen LogP contribution in [0, 0.1) is 0 Å². The van der Waals surface area contributed by atoms with Gasteiger partial charge in [-0.3, -0.25) is 23.2 Å². The van der Waals surface area contributed by atoms with E-state index in [1.165, 1.54) is 12.1 Å². The number of hydrogen-bond donors (Lipinski definition) is 4. The van der Waals surface area contributed by atoms with E-state index in [4.69, 9.17) is 5.73 Å². The number of fused-ring (bicyclic) bond motifs is 1. The summed E-state index contributed by atoms with van der Waals surface area (Å²) in [4.78, 5) is 20.4. The zero-order chi connectivity index (χ0) is 23.0. The molecule has 1 aromatic rings. The molecule has 2 unspecified atom stereocenters. The molecular formula is C14H10BrNO11S3. The van der Waals surface area contributed by atoms with Gasteiger partial charge < -0.3 is 5.73 Å². The molecule has 0 aliphatic heterocycles. The van der Waals surface area contributed by atoms with E-state index in [0.29, 0.717) is 0 Å². The molecule has 2 aliphatic rings. The van der Waals surface area contributed by atoms with E-state index in [1.54, 1.807) is 0 Å². The summed E-state index contributed by atoms with van der Waals surface area (Å²) in [6, 6.07) is 4.85. The van der Waals surface area contributed by atoms with Gasteiger partial charge in [-0.05, 0) is 15.9 Å². The molecule has 0 spiro atoms. The minimum Gasteiger partial charge on any atom is -0.305 e. The molecule has 0 heterocycles. The average Bonchev–Trinajstić information content (AvgIpc) is 2.57. The molecule has 0 bridgehead atoms. The van der Waals surface area contributed by atoms with Crippen molar-refractivity contribution in [2.45, 2.75) is 10.1 Å². The SMILES string of the molecule is NC1(S(=O)(=O)O)C2=C(C(=O)c3ccccc3C2=O)C(Br)=C(S(=O)(=O)O)C1S(=O)(=O)O. The molecule has 2 aliphatic carbocycles. The van der Waals surface area contributed by atoms with Crippen LogP contribution < -0.4 is 5.73 Å². The summed E-state index contributed by atoms with van der Waals surface area (Å²) in [7, 11) is -17.4. The molecule has 0 saturated carbocycles. The van der Waals surface area contributed by atoms with Crippen LogP contribution in [0.2, 0.25) is 0 Å². The molecule has 3 rings (SSSR count). The predicted molar refractivity (Wildman–Crippen MR) is 103 cm³/mol. The molecule has 0 saturated heterocycles. The van der Waals surface area contributed by atoms with Gasteiger partial charge in [0.15, 0.2) is 21.7 Å². The number of carbonyl (C=O) groups is 2. The average molecular weight is 544 g/mol. The normalized spacial score (nSPS) is 25.3. The summed E-state index contributed by atoms with van der Waals surface area (Å²) >= 11 is 2.61. The second kappa shape index (κ2) is 6.60. The summed E-state index contributed by atoms with van der Waals surface area (Å²) in [6.07, 6.45) is 0. The quantitative estimate of drug-likeness (QED) is 0.359. The fourth-order valence-electron chi connectivity index (χ4n) is 3.39. The first-order chi connectivity index (χ1) is 13.5. The van der Waals surface area contributed by atoms with E-state index in [0.717, 1.165) is 12.1 Å². The van der Waals surface area contributed by atoms with Gasteiger partial charge in [-0.25, -0.2) is 0 Å². The number of ketones is 2. The van der Waals surface area contributed by atoms with Crippen molar-refractivity contribution in [2.75, 3.05) is 0 Å². The number of nitrogens with two attached hydrogens (primary N) is 1. The number of carbonyl (C=O) groups excluding carboxylic acids is 2. The van der Waals surface area contributed by atoms with Gasteiger partial charge in [0.05, 0.1) is 5.57 Å². The van der Waals surface area contributed by atoms with E-state index < -0.39 is 78.1 Å². The van der Waals surface area contributed by atoms with E-state index in [1.807, 2.05) is 0 Å². The van der Waals surface area contributed by atoms with Crippen molar-refractivity contribution in [1.82, 2.24) is 0 Å². The Hall–Kier alpha value is -1.79. The highest BCUT2D eigenvalue weighted by Gasteiger charge is 2.65. The second-order valence-electron chi connectivity index (χ2n) is 6.27. The van der Waals surface area contributed by atoms with Crippen LogP contribution in [0.4, 0.5) is 0 Å². The fourth-order valence-corrected chi connectivity index (χ4v) is 8.87. The fraction of sp³-hybridized carbons (Fsp3) is 0.143. The van der Waals surface area contributed by atoms with E-state index in [9.17, 15) is 48.5 Å². The van der Waals surface area contributed by atoms with Crippen LogP contribution in [0.1, 0.15) is 20.7 Å². The summed E-state index contributed by atoms with van der Waals surface area (Å²) in [5.41, 5.74) is 2.62. The zero-order valence-electron chi connectivity index (χ0n) is 14.2. The van der Waals surface area contributed by atoms with Gasteiger partial charge in [-0.2, -0.15) is 25.3 Å². The van der Waals surface area contributed by atoms with Crippen molar-refractivity contribution in [3.63, 3.8) is 0 Å². The monoisotopic (exact) mass is 543 g/mol. The summed E-state index contributed by atoms with van der Waals surface area (Å²) < 4.78 is 100. The predicted octanol–water partition coefficient (Wildman–Crippen LogP) is -0.331. The molecule has 16 heteroatoms. The van der Waals surface area contributed by atoms with Crippen LogP contribution in [0.25, 0.3) is 0 Å². The molecule has 0 aromatic heterocycles. The molecule has 2 atom stereocenters. The van der Waals surface area contributed by atoms with Crippen molar-refractivity contribution in [3.05, 3.63) is 55.9 Å². The van der Waals surface area contributed by atoms with Crippen molar-refractivity contribution in [2.24, 2.45) is 5.73 Å². The van der Waals surface area contributed by atoms with Crippen molar-refractivity contribution in [3.8, 4) is 0 Å². The first-order valence-corrected chi connectivity index (χ1v) is 12.7. The van der Waals surface area contributed by atoms with Crippen LogP contribution >= 0.6 is 15.9 Å². The third kappa shape index (κ3) is 3.02. The minimum atomic E-state index is -5.93. The Morgan fingerprint density at radius 2 is 1.37 bits per heavy atom. The Morgan fingerprint density at radius 3 is 1.77 bits per heavy atom. The highest BCUT2D eigenvalue weighted by atomic mass is 79.9. The minimum absolute atomic E-state index is 0.309. The van der Waals surface area contributed by atoms with Crippen LogP contribution in [0.15, 0.2) is 44.8 Å². The number of allylic oxidation sites excluding steroid dienone is 2. The Balaban J connectivity index is 2.66. The first kappa shape index (κ1) is 22.9. The first-order valence-electron chi connectivity index (χ1n) is 7.48. The smallest absolute Gasteiger partial charge is 0.293 e. The third-order valence-electron chi connectivity index (χ3n) is 4.58. The van der Waals surface area contributed by atoms with Crippen LogP contribution in [0.5, 0.6) is 0 Å². The molecule has 0 amide bonds. The molecule has 0 fully saturated rings. The molecule has 12 nitrogen and oxygen atoms in total. The number of rotatable bonds is 3. The summed E-state index contributed by atoms with van der Waals surface area (Å²) in [5, 5.41) is -3.29. The van der Waals surface area contributed by atoms with Crippen molar-refractivity contribution < 1.29 is 48.5 Å². The Bertz CT molecular complexity index is 1420. The Morgan fingerprint density at radius 1 is 0.900 bits per heavy atom. The standard InChI is InChI=1S/C14H10BrNO11S3/c15-9-7-8(11(18)6-4-2-1-3-5(6)10(7)17)14(16,30(25,26)27)13(29(22,23)24)12(9)28(19,20)21/h1-4,13H,16H2,(H,19,20,21)(H,22,23,24)(H,25,26,27). The molecule has 162 valence electrons. The van der Waals surface area contributed by atoms with Gasteiger partial charge in [-0.1, -0.05) is 24.3 Å². The zero-order valence-corrected chi connectivity index (χ0v) is 18.2. The van der Waals surface area contributed by atoms with Gasteiger partial charge in [0.25, 0.3) is 30.4 Å². The number of Topliss-reactive ketones (excluding diaryl/α,β-unsaturated/α-hetero) is 2. The lowest BCUT2D eigenvalue weighted by atomic mass is 9.77. The lowest BCUT2D eigenvalue weighted by molar-refractivity contribution is 0.0967. The molecule has 1 aromatic carbocycles. The van der Waals surface area contributed by atoms with Gasteiger partial charge in [0.2, 0.25) is 0 Å². The van der Waals surface area contributed by atoms with Crippen molar-refractivity contribution >= 4 is 57.9 Å². The van der Waals surface area contributed by atoms with E-state index in [-0.39, 0.29) is 5.56 Å². The second-order valence-corrected chi connectivity index (χ2v) is 11.6. The number of halogens is 1. The molecule has 30 heavy (non-hydrogen) atoms. The number of hydrogen-bond acceptors (Lipinski definition) is 9. The molecular weight excluding hydrogens is 534 g/mol. The van der Waals surface area contributed by atoms with Crippen LogP contribution in [0.3, 0.4) is 0 Å². The lowest BCUT2D eigenvalue weighted by Gasteiger charge is -2.40. The Kier molecular flexibility index (Phi) is 5.04. The third-order valence-corrected chi connectivity index (χ3v) is 9.45. The molecule has 5 N–H and O–H groups in total. The van der Waals surface area contributed by atoms with Crippen LogP contribution in [-0.2, 0) is 30.4 Å². The number of benzene rings is 1. The summed E-state index contributed by atoms with van der Waals surface area (Å²) in [5.74, 6) is -2.47. The van der Waals surface area contributed by atoms with E-state index in [2.05, 4.69) is 15.9 Å². The lowest BCUT2D eigenvalue weighted by Crippen LogP contribution is -2.65. The maximum atomic E-state index is 13.0. The highest BCUT2D eigenvalue weighted by molar-refractivity contribution is 9.12.